The summed E-state index contributed by atoms with van der Waals surface area (Å²) in [7, 11) is -3.92. The lowest BCUT2D eigenvalue weighted by Gasteiger charge is -2.25. The van der Waals surface area contributed by atoms with Crippen LogP contribution in [0.2, 0.25) is 0 Å². The minimum Gasteiger partial charge on any atom is -0.271 e. The Hall–Kier alpha value is -2.67. The Labute approximate surface area is 185 Å². The second-order valence-corrected chi connectivity index (χ2v) is 9.96. The van der Waals surface area contributed by atoms with Crippen molar-refractivity contribution in [3.63, 3.8) is 0 Å². The fourth-order valence-electron chi connectivity index (χ4n) is 3.74. The van der Waals surface area contributed by atoms with E-state index in [-0.39, 0.29) is 11.4 Å². The van der Waals surface area contributed by atoms with E-state index in [4.69, 9.17) is 0 Å². The molecule has 1 saturated carbocycles. The third kappa shape index (κ3) is 6.17. The summed E-state index contributed by atoms with van der Waals surface area (Å²) in [4.78, 5) is 12.9. The van der Waals surface area contributed by atoms with Gasteiger partial charge in [0.05, 0.1) is 10.6 Å². The highest BCUT2D eigenvalue weighted by Crippen LogP contribution is 2.27. The molecule has 6 nitrogen and oxygen atoms in total. The molecule has 0 aromatic heterocycles. The Morgan fingerprint density at radius 1 is 0.968 bits per heavy atom. The van der Waals surface area contributed by atoms with Crippen LogP contribution in [0.1, 0.15) is 56.1 Å². The maximum atomic E-state index is 13.4. The molecule has 3 rings (SSSR count). The lowest BCUT2D eigenvalue weighted by atomic mass is 9.99. The minimum atomic E-state index is -3.92. The number of hydrazone groups is 1. The smallest absolute Gasteiger partial charge is 0.264 e. The van der Waals surface area contributed by atoms with Gasteiger partial charge >= 0.3 is 0 Å². The molecule has 0 spiro atoms. The van der Waals surface area contributed by atoms with Crippen LogP contribution in [-0.2, 0) is 14.8 Å². The van der Waals surface area contributed by atoms with Gasteiger partial charge in [0.2, 0.25) is 0 Å². The van der Waals surface area contributed by atoms with Gasteiger partial charge < -0.3 is 0 Å². The zero-order valence-electron chi connectivity index (χ0n) is 18.3. The quantitative estimate of drug-likeness (QED) is 0.659. The number of hydrogen-bond acceptors (Lipinski definition) is 4. The van der Waals surface area contributed by atoms with Gasteiger partial charge in [0.25, 0.3) is 15.9 Å². The van der Waals surface area contributed by atoms with E-state index >= 15 is 0 Å². The van der Waals surface area contributed by atoms with E-state index in [0.717, 1.165) is 42.5 Å². The maximum absolute atomic E-state index is 13.4. The molecule has 1 N–H and O–H groups in total. The number of nitrogens with one attached hydrogen (secondary N) is 1. The second-order valence-electron chi connectivity index (χ2n) is 8.10. The van der Waals surface area contributed by atoms with Crippen LogP contribution >= 0.6 is 0 Å². The van der Waals surface area contributed by atoms with E-state index in [2.05, 4.69) is 10.5 Å². The van der Waals surface area contributed by atoms with E-state index in [0.29, 0.717) is 5.69 Å². The normalized spacial score (nSPS) is 15.0. The number of hydrogen-bond donors (Lipinski definition) is 1. The SMILES string of the molecule is Cc1ccc(C)c(N(CC(=O)NN=C2CCCCCCC2)S(=O)(=O)c2ccccc2)c1. The standard InChI is InChI=1S/C24H31N3O3S/c1-19-15-16-20(2)23(17-19)27(31(29,30)22-13-9-6-10-14-22)18-24(28)26-25-21-11-7-4-3-5-8-12-21/h6,9-10,13-17H,3-5,7-8,11-12,18H2,1-2H3,(H,26,28). The van der Waals surface area contributed by atoms with Gasteiger partial charge in [-0.2, -0.15) is 5.10 Å². The third-order valence-corrected chi connectivity index (χ3v) is 7.30. The molecular weight excluding hydrogens is 410 g/mol. The van der Waals surface area contributed by atoms with Crippen molar-refractivity contribution in [2.75, 3.05) is 10.8 Å². The van der Waals surface area contributed by atoms with Crippen LogP contribution in [0.5, 0.6) is 0 Å². The molecule has 0 atom stereocenters. The molecule has 0 saturated heterocycles. The van der Waals surface area contributed by atoms with Crippen molar-refractivity contribution in [3.8, 4) is 0 Å². The van der Waals surface area contributed by atoms with Gasteiger partial charge in [0, 0.05) is 5.71 Å². The highest BCUT2D eigenvalue weighted by Gasteiger charge is 2.28. The van der Waals surface area contributed by atoms with Gasteiger partial charge in [-0.05, 0) is 68.9 Å². The number of aryl methyl sites for hydroxylation is 2. The Balaban J connectivity index is 1.86. The zero-order chi connectivity index (χ0) is 22.3. The fraction of sp³-hybridized carbons (Fsp3) is 0.417. The van der Waals surface area contributed by atoms with Crippen LogP contribution in [0, 0.1) is 13.8 Å². The predicted octanol–water partition coefficient (Wildman–Crippen LogP) is 4.72. The average Bonchev–Trinajstić information content (AvgIpc) is 2.73. The molecule has 0 aliphatic heterocycles. The van der Waals surface area contributed by atoms with E-state index in [1.165, 1.54) is 23.6 Å². The highest BCUT2D eigenvalue weighted by molar-refractivity contribution is 7.92. The van der Waals surface area contributed by atoms with Crippen LogP contribution in [-0.4, -0.2) is 26.6 Å². The van der Waals surface area contributed by atoms with Crippen LogP contribution in [0.4, 0.5) is 5.69 Å². The molecule has 31 heavy (non-hydrogen) atoms. The Morgan fingerprint density at radius 3 is 2.29 bits per heavy atom. The number of sulfonamides is 1. The second kappa shape index (κ2) is 10.6. The Morgan fingerprint density at radius 2 is 1.61 bits per heavy atom. The number of carbonyl (C=O) groups is 1. The van der Waals surface area contributed by atoms with Crippen LogP contribution in [0.15, 0.2) is 58.5 Å². The topological polar surface area (TPSA) is 78.8 Å². The molecule has 2 aromatic rings. The van der Waals surface area contributed by atoms with Crippen molar-refractivity contribution in [1.29, 1.82) is 0 Å². The molecule has 1 aliphatic carbocycles. The van der Waals surface area contributed by atoms with Gasteiger partial charge in [-0.1, -0.05) is 49.6 Å². The largest absolute Gasteiger partial charge is 0.271 e. The summed E-state index contributed by atoms with van der Waals surface area (Å²) < 4.78 is 28.0. The van der Waals surface area contributed by atoms with Gasteiger partial charge in [0.15, 0.2) is 0 Å². The Bertz CT molecular complexity index is 1020. The summed E-state index contributed by atoms with van der Waals surface area (Å²) >= 11 is 0. The van der Waals surface area contributed by atoms with E-state index in [1.807, 2.05) is 26.0 Å². The first-order valence-electron chi connectivity index (χ1n) is 10.9. The zero-order valence-corrected chi connectivity index (χ0v) is 19.1. The summed E-state index contributed by atoms with van der Waals surface area (Å²) in [5.74, 6) is -0.449. The maximum Gasteiger partial charge on any atom is 0.264 e. The summed E-state index contributed by atoms with van der Waals surface area (Å²) in [6.45, 7) is 3.41. The average molecular weight is 442 g/mol. The molecule has 0 bridgehead atoms. The molecule has 1 fully saturated rings. The molecule has 0 heterocycles. The monoisotopic (exact) mass is 441 g/mol. The van der Waals surface area contributed by atoms with Gasteiger partial charge in [-0.15, -0.1) is 0 Å². The van der Waals surface area contributed by atoms with E-state index in [1.54, 1.807) is 36.4 Å². The first-order valence-corrected chi connectivity index (χ1v) is 12.3. The molecule has 2 aromatic carbocycles. The van der Waals surface area contributed by atoms with Gasteiger partial charge in [0.1, 0.15) is 6.54 Å². The van der Waals surface area contributed by atoms with E-state index in [9.17, 15) is 13.2 Å². The highest BCUT2D eigenvalue weighted by atomic mass is 32.2. The number of benzene rings is 2. The van der Waals surface area contributed by atoms with Crippen molar-refractivity contribution in [2.24, 2.45) is 5.10 Å². The van der Waals surface area contributed by atoms with Crippen molar-refractivity contribution in [3.05, 3.63) is 59.7 Å². The number of amides is 1. The van der Waals surface area contributed by atoms with E-state index < -0.39 is 15.9 Å². The minimum absolute atomic E-state index is 0.148. The molecule has 1 amide bonds. The van der Waals surface area contributed by atoms with Crippen LogP contribution in [0.3, 0.4) is 0 Å². The molecule has 1 aliphatic rings. The van der Waals surface area contributed by atoms with Gasteiger partial charge in [-0.3, -0.25) is 9.10 Å². The van der Waals surface area contributed by atoms with Crippen molar-refractivity contribution in [2.45, 2.75) is 63.7 Å². The lowest BCUT2D eigenvalue weighted by Crippen LogP contribution is -2.40. The predicted molar refractivity (Wildman–Crippen MR) is 125 cm³/mol. The molecular formula is C24H31N3O3S. The molecule has 0 unspecified atom stereocenters. The Kier molecular flexibility index (Phi) is 7.85. The fourth-order valence-corrected chi connectivity index (χ4v) is 5.24. The number of anilines is 1. The summed E-state index contributed by atoms with van der Waals surface area (Å²) in [5, 5.41) is 4.32. The van der Waals surface area contributed by atoms with Crippen molar-refractivity contribution < 1.29 is 13.2 Å². The lowest BCUT2D eigenvalue weighted by molar-refractivity contribution is -0.119. The van der Waals surface area contributed by atoms with Crippen molar-refractivity contribution in [1.82, 2.24) is 5.43 Å². The molecule has 0 radical (unpaired) electrons. The molecule has 7 heteroatoms. The van der Waals surface area contributed by atoms with Crippen LogP contribution in [0.25, 0.3) is 0 Å². The van der Waals surface area contributed by atoms with Crippen molar-refractivity contribution >= 4 is 27.3 Å². The third-order valence-electron chi connectivity index (χ3n) is 5.52. The van der Waals surface area contributed by atoms with Gasteiger partial charge in [-0.25, -0.2) is 13.8 Å². The molecule has 166 valence electrons. The first kappa shape index (κ1) is 23.0. The summed E-state index contributed by atoms with van der Waals surface area (Å²) in [6, 6.07) is 13.8. The summed E-state index contributed by atoms with van der Waals surface area (Å²) in [5.41, 5.74) is 5.78. The first-order chi connectivity index (χ1) is 14.9. The number of rotatable bonds is 6. The number of carbonyl (C=O) groups excluding carboxylic acids is 1. The number of nitrogens with zero attached hydrogens (tertiary/aromatic N) is 2. The van der Waals surface area contributed by atoms with Crippen LogP contribution < -0.4 is 9.73 Å². The summed E-state index contributed by atoms with van der Waals surface area (Å²) in [6.07, 6.45) is 7.52.